The maximum absolute atomic E-state index is 12.3. The largest absolute Gasteiger partial charge is 0.351 e. The van der Waals surface area contributed by atoms with Crippen LogP contribution in [0.2, 0.25) is 0 Å². The van der Waals surface area contributed by atoms with Crippen LogP contribution >= 0.6 is 7.60 Å². The number of aryl methyl sites for hydroxylation is 1. The molecule has 0 saturated carbocycles. The molecule has 0 bridgehead atoms. The lowest BCUT2D eigenvalue weighted by molar-refractivity contribution is 0.0956. The maximum atomic E-state index is 12.3. The van der Waals surface area contributed by atoms with Gasteiger partial charge in [0.2, 0.25) is 0 Å². The third kappa shape index (κ3) is 4.00. The molecule has 1 unspecified atom stereocenters. The van der Waals surface area contributed by atoms with Gasteiger partial charge in [0.1, 0.15) is 11.6 Å². The lowest BCUT2D eigenvalue weighted by Crippen LogP contribution is -2.26. The van der Waals surface area contributed by atoms with Gasteiger partial charge < -0.3 is 24.7 Å². The van der Waals surface area contributed by atoms with Crippen molar-refractivity contribution in [1.29, 1.82) is 0 Å². The highest BCUT2D eigenvalue weighted by Gasteiger charge is 2.20. The Hall–Kier alpha value is -3.00. The van der Waals surface area contributed by atoms with E-state index in [9.17, 15) is 9.36 Å². The number of H-pyrrole nitrogens is 1. The quantitative estimate of drug-likeness (QED) is 0.350. The predicted molar refractivity (Wildman–Crippen MR) is 114 cm³/mol. The van der Waals surface area contributed by atoms with E-state index in [-0.39, 0.29) is 12.5 Å². The van der Waals surface area contributed by atoms with Crippen molar-refractivity contribution in [2.24, 2.45) is 7.05 Å². The van der Waals surface area contributed by atoms with Gasteiger partial charge in [0, 0.05) is 19.2 Å². The molecule has 0 aliphatic carbocycles. The minimum atomic E-state index is -4.15. The van der Waals surface area contributed by atoms with Gasteiger partial charge >= 0.3 is 7.60 Å². The number of aromatic amines is 1. The number of benzene rings is 2. The van der Waals surface area contributed by atoms with Crippen LogP contribution in [0.5, 0.6) is 0 Å². The fourth-order valence-electron chi connectivity index (χ4n) is 3.45. The second-order valence-corrected chi connectivity index (χ2v) is 9.01. The van der Waals surface area contributed by atoms with E-state index in [2.05, 4.69) is 15.3 Å². The Bertz CT molecular complexity index is 1260. The third-order valence-electron chi connectivity index (χ3n) is 5.07. The van der Waals surface area contributed by atoms with Crippen LogP contribution in [-0.2, 0) is 11.6 Å². The minimum absolute atomic E-state index is 0.0877. The van der Waals surface area contributed by atoms with Gasteiger partial charge in [0.05, 0.1) is 34.1 Å². The van der Waals surface area contributed by atoms with Gasteiger partial charge in [-0.1, -0.05) is 12.1 Å². The van der Waals surface area contributed by atoms with Crippen LogP contribution in [-0.4, -0.2) is 47.9 Å². The third-order valence-corrected chi connectivity index (χ3v) is 5.88. The van der Waals surface area contributed by atoms with Crippen molar-refractivity contribution >= 4 is 35.6 Å². The van der Waals surface area contributed by atoms with Gasteiger partial charge in [-0.25, -0.2) is 9.97 Å². The van der Waals surface area contributed by atoms with Crippen molar-refractivity contribution in [3.63, 3.8) is 0 Å². The van der Waals surface area contributed by atoms with Gasteiger partial charge in [-0.15, -0.1) is 0 Å². The SMILES string of the molecule is CC(c1nc2ccccc2[nH]1)c1nc2ccc(C(=O)NCCP(=O)(O)O)cc2n1C. The molecular weight excluding hydrogens is 405 g/mol. The van der Waals surface area contributed by atoms with Crippen molar-refractivity contribution in [3.05, 3.63) is 59.7 Å². The summed E-state index contributed by atoms with van der Waals surface area (Å²) in [6, 6.07) is 13.0. The lowest BCUT2D eigenvalue weighted by atomic mass is 10.1. The smallest absolute Gasteiger partial charge is 0.327 e. The molecule has 0 spiro atoms. The highest BCUT2D eigenvalue weighted by atomic mass is 31.2. The first-order valence-electron chi connectivity index (χ1n) is 9.47. The molecule has 4 N–H and O–H groups in total. The van der Waals surface area contributed by atoms with Crippen LogP contribution in [0, 0.1) is 0 Å². The van der Waals surface area contributed by atoms with E-state index in [1.165, 1.54) is 0 Å². The zero-order valence-corrected chi connectivity index (χ0v) is 17.4. The Labute approximate surface area is 172 Å². The number of hydrogen-bond acceptors (Lipinski definition) is 4. The van der Waals surface area contributed by atoms with Gasteiger partial charge in [-0.05, 0) is 37.3 Å². The topological polar surface area (TPSA) is 133 Å². The van der Waals surface area contributed by atoms with Gasteiger partial charge in [0.25, 0.3) is 5.91 Å². The summed E-state index contributed by atoms with van der Waals surface area (Å²) in [7, 11) is -2.26. The molecule has 10 heteroatoms. The number of carbonyl (C=O) groups is 1. The second kappa shape index (κ2) is 7.68. The number of nitrogens with one attached hydrogen (secondary N) is 2. The van der Waals surface area contributed by atoms with Crippen LogP contribution in [0.4, 0.5) is 0 Å². The summed E-state index contributed by atoms with van der Waals surface area (Å²) in [6.45, 7) is 1.93. The number of hydrogen-bond donors (Lipinski definition) is 4. The van der Waals surface area contributed by atoms with Crippen LogP contribution in [0.1, 0.15) is 34.8 Å². The monoisotopic (exact) mass is 427 g/mol. The molecule has 0 aliphatic rings. The summed E-state index contributed by atoms with van der Waals surface area (Å²) >= 11 is 0. The Kier molecular flexibility index (Phi) is 5.19. The van der Waals surface area contributed by atoms with Crippen LogP contribution in [0.15, 0.2) is 42.5 Å². The first-order valence-corrected chi connectivity index (χ1v) is 11.3. The number of nitrogens with zero attached hydrogens (tertiary/aromatic N) is 3. The lowest BCUT2D eigenvalue weighted by Gasteiger charge is -2.09. The molecule has 156 valence electrons. The molecule has 2 aromatic heterocycles. The van der Waals surface area contributed by atoms with E-state index in [4.69, 9.17) is 14.8 Å². The number of fused-ring (bicyclic) bond motifs is 2. The number of para-hydroxylation sites is 2. The van der Waals surface area contributed by atoms with Gasteiger partial charge in [0.15, 0.2) is 0 Å². The van der Waals surface area contributed by atoms with Crippen molar-refractivity contribution in [3.8, 4) is 0 Å². The fourth-order valence-corrected chi connectivity index (χ4v) is 3.86. The van der Waals surface area contributed by atoms with E-state index in [0.29, 0.717) is 5.56 Å². The molecular formula is C20H22N5O4P. The van der Waals surface area contributed by atoms with Gasteiger partial charge in [-0.3, -0.25) is 9.36 Å². The van der Waals surface area contributed by atoms with Crippen molar-refractivity contribution < 1.29 is 19.1 Å². The van der Waals surface area contributed by atoms with Crippen LogP contribution in [0.25, 0.3) is 22.1 Å². The summed E-state index contributed by atoms with van der Waals surface area (Å²) in [5.41, 5.74) is 3.80. The average Bonchev–Trinajstić information content (AvgIpc) is 3.27. The standard InChI is InChI=1S/C20H22N5O4P/c1-12(18-22-14-5-3-4-6-15(14)23-18)19-24-16-8-7-13(11-17(16)25(19)2)20(26)21-9-10-30(27,28)29/h3-8,11-12H,9-10H2,1-2H3,(H,21,26)(H,22,23)(H2,27,28,29). The predicted octanol–water partition coefficient (Wildman–Crippen LogP) is 2.51. The molecule has 4 aromatic rings. The number of aromatic nitrogens is 4. The Morgan fingerprint density at radius 2 is 1.97 bits per heavy atom. The molecule has 1 atom stereocenters. The summed E-state index contributed by atoms with van der Waals surface area (Å²) in [5.74, 6) is 1.14. The molecule has 2 heterocycles. The summed E-state index contributed by atoms with van der Waals surface area (Å²) in [5, 5.41) is 2.53. The Morgan fingerprint density at radius 1 is 1.20 bits per heavy atom. The van der Waals surface area contributed by atoms with Crippen molar-refractivity contribution in [2.75, 3.05) is 12.7 Å². The highest BCUT2D eigenvalue weighted by Crippen LogP contribution is 2.33. The summed E-state index contributed by atoms with van der Waals surface area (Å²) < 4.78 is 12.9. The van der Waals surface area contributed by atoms with Crippen molar-refractivity contribution in [2.45, 2.75) is 12.8 Å². The average molecular weight is 427 g/mol. The molecule has 30 heavy (non-hydrogen) atoms. The highest BCUT2D eigenvalue weighted by molar-refractivity contribution is 7.51. The molecule has 0 radical (unpaired) electrons. The number of imidazole rings is 2. The normalized spacial score (nSPS) is 13.1. The summed E-state index contributed by atoms with van der Waals surface area (Å²) in [4.78, 5) is 42.9. The first kappa shape index (κ1) is 20.3. The van der Waals surface area contributed by atoms with Crippen molar-refractivity contribution in [1.82, 2.24) is 24.8 Å². The van der Waals surface area contributed by atoms with E-state index >= 15 is 0 Å². The van der Waals surface area contributed by atoms with E-state index in [1.807, 2.05) is 42.8 Å². The molecule has 0 saturated heterocycles. The second-order valence-electron chi connectivity index (χ2n) is 7.24. The van der Waals surface area contributed by atoms with Crippen LogP contribution in [0.3, 0.4) is 0 Å². The van der Waals surface area contributed by atoms with Crippen LogP contribution < -0.4 is 5.32 Å². The summed E-state index contributed by atoms with van der Waals surface area (Å²) in [6.07, 6.45) is -0.397. The van der Waals surface area contributed by atoms with E-state index in [0.717, 1.165) is 33.7 Å². The molecule has 4 rings (SSSR count). The maximum Gasteiger partial charge on any atom is 0.327 e. The molecule has 0 fully saturated rings. The Morgan fingerprint density at radius 3 is 2.70 bits per heavy atom. The molecule has 9 nitrogen and oxygen atoms in total. The molecule has 0 aliphatic heterocycles. The minimum Gasteiger partial charge on any atom is -0.351 e. The molecule has 2 aromatic carbocycles. The Balaban J connectivity index is 1.60. The first-order chi connectivity index (χ1) is 14.2. The molecule has 1 amide bonds. The zero-order valence-electron chi connectivity index (χ0n) is 16.5. The fraction of sp³-hybridized carbons (Fsp3) is 0.250. The number of carbonyl (C=O) groups excluding carboxylic acids is 1. The number of amides is 1. The van der Waals surface area contributed by atoms with E-state index in [1.54, 1.807) is 18.2 Å². The van der Waals surface area contributed by atoms with E-state index < -0.39 is 19.7 Å². The number of rotatable bonds is 6. The van der Waals surface area contributed by atoms with Gasteiger partial charge in [-0.2, -0.15) is 0 Å². The zero-order chi connectivity index (χ0) is 21.5.